The molecule has 4 nitrogen and oxygen atoms in total. The zero-order valence-electron chi connectivity index (χ0n) is 11.3. The maximum absolute atomic E-state index is 13.3. The molecule has 0 heterocycles. The largest absolute Gasteiger partial charge is 0.502 e. The van der Waals surface area contributed by atoms with Gasteiger partial charge < -0.3 is 14.3 Å². The molecule has 0 fully saturated rings. The van der Waals surface area contributed by atoms with E-state index in [0.29, 0.717) is 12.8 Å². The van der Waals surface area contributed by atoms with Crippen molar-refractivity contribution in [3.63, 3.8) is 0 Å². The highest BCUT2D eigenvalue weighted by Gasteiger charge is 2.44. The molecule has 6 heteroatoms. The fourth-order valence-corrected chi connectivity index (χ4v) is 1.45. The number of carbonyl (C=O) groups is 2. The number of rotatable bonds is 7. The molecule has 0 aliphatic rings. The minimum Gasteiger partial charge on any atom is -0.459 e. The molecule has 0 saturated heterocycles. The quantitative estimate of drug-likeness (QED) is 0.723. The summed E-state index contributed by atoms with van der Waals surface area (Å²) in [6.45, 7) is 2.76. The first-order chi connectivity index (χ1) is 9.35. The number of alkyl halides is 2. The summed E-state index contributed by atoms with van der Waals surface area (Å²) < 4.78 is 35.1. The molecule has 1 rings (SSSR count). The summed E-state index contributed by atoms with van der Waals surface area (Å²) in [6, 6.07) is 5.78. The Labute approximate surface area is 115 Å². The number of hydrogen-bond acceptors (Lipinski definition) is 4. The highest BCUT2D eigenvalue weighted by molar-refractivity contribution is 5.76. The predicted molar refractivity (Wildman–Crippen MR) is 67.7 cm³/mol. The minimum absolute atomic E-state index is 0.0548. The first-order valence-corrected chi connectivity index (χ1v) is 6.17. The smallest absolute Gasteiger partial charge is 0.459 e. The van der Waals surface area contributed by atoms with E-state index < -0.39 is 12.1 Å². The Morgan fingerprint density at radius 1 is 1.20 bits per heavy atom. The third-order valence-corrected chi connectivity index (χ3v) is 2.45. The lowest BCUT2D eigenvalue weighted by molar-refractivity contribution is -0.216. The molecule has 0 saturated carbocycles. The van der Waals surface area contributed by atoms with E-state index in [4.69, 9.17) is 0 Å². The molecule has 0 aliphatic heterocycles. The van der Waals surface area contributed by atoms with Crippen molar-refractivity contribution in [3.8, 4) is 5.75 Å². The lowest BCUT2D eigenvalue weighted by Gasteiger charge is -2.16. The average Bonchev–Trinajstić information content (AvgIpc) is 2.37. The number of benzene rings is 1. The number of Topliss-reactive ketones (excluding diaryl/α,β-unsaturated/α-hetero) is 1. The van der Waals surface area contributed by atoms with Gasteiger partial charge in [-0.15, -0.1) is 0 Å². The van der Waals surface area contributed by atoms with Crippen LogP contribution in [0, 0.1) is 0 Å². The maximum Gasteiger partial charge on any atom is 0.502 e. The van der Waals surface area contributed by atoms with Crippen molar-refractivity contribution < 1.29 is 27.8 Å². The van der Waals surface area contributed by atoms with Gasteiger partial charge in [0.15, 0.2) is 0 Å². The lowest BCUT2D eigenvalue weighted by atomic mass is 10.1. The Morgan fingerprint density at radius 3 is 2.30 bits per heavy atom. The van der Waals surface area contributed by atoms with Crippen molar-refractivity contribution >= 4 is 11.8 Å². The molecule has 0 amide bonds. The Balaban J connectivity index is 2.64. The Bertz CT molecular complexity index is 469. The molecular weight excluding hydrogens is 270 g/mol. The van der Waals surface area contributed by atoms with Gasteiger partial charge in [0.2, 0.25) is 0 Å². The lowest BCUT2D eigenvalue weighted by Crippen LogP contribution is -2.36. The third-order valence-electron chi connectivity index (χ3n) is 2.45. The van der Waals surface area contributed by atoms with Crippen molar-refractivity contribution in [1.29, 1.82) is 0 Å². The number of ether oxygens (including phenoxy) is 2. The van der Waals surface area contributed by atoms with E-state index in [-0.39, 0.29) is 18.1 Å². The number of ketones is 1. The SMILES string of the molecule is CCOC(=O)C(F)(F)Oc1ccc(CCC(C)=O)cc1. The van der Waals surface area contributed by atoms with Crippen LogP contribution in [-0.2, 0) is 20.7 Å². The summed E-state index contributed by atoms with van der Waals surface area (Å²) in [5.74, 6) is -1.81. The number of aryl methyl sites for hydroxylation is 1. The van der Waals surface area contributed by atoms with Crippen LogP contribution in [0.15, 0.2) is 24.3 Å². The van der Waals surface area contributed by atoms with Crippen LogP contribution in [0.1, 0.15) is 25.8 Å². The average molecular weight is 286 g/mol. The fraction of sp³-hybridized carbons (Fsp3) is 0.429. The van der Waals surface area contributed by atoms with Gasteiger partial charge in [-0.2, -0.15) is 8.78 Å². The van der Waals surface area contributed by atoms with Gasteiger partial charge in [-0.1, -0.05) is 12.1 Å². The molecule has 0 bridgehead atoms. The summed E-state index contributed by atoms with van der Waals surface area (Å²) in [5.41, 5.74) is 0.826. The molecule has 20 heavy (non-hydrogen) atoms. The monoisotopic (exact) mass is 286 g/mol. The van der Waals surface area contributed by atoms with E-state index in [1.807, 2.05) is 0 Å². The number of hydrogen-bond donors (Lipinski definition) is 0. The minimum atomic E-state index is -4.02. The fourth-order valence-electron chi connectivity index (χ4n) is 1.45. The van der Waals surface area contributed by atoms with E-state index >= 15 is 0 Å². The van der Waals surface area contributed by atoms with Crippen LogP contribution in [0.2, 0.25) is 0 Å². The molecule has 0 radical (unpaired) electrons. The van der Waals surface area contributed by atoms with Crippen molar-refractivity contribution in [3.05, 3.63) is 29.8 Å². The van der Waals surface area contributed by atoms with Crippen LogP contribution in [0.4, 0.5) is 8.78 Å². The third kappa shape index (κ3) is 4.95. The maximum atomic E-state index is 13.3. The van der Waals surface area contributed by atoms with Crippen LogP contribution < -0.4 is 4.74 Å². The Morgan fingerprint density at radius 2 is 1.80 bits per heavy atom. The van der Waals surface area contributed by atoms with Gasteiger partial charge in [-0.05, 0) is 38.0 Å². The summed E-state index contributed by atoms with van der Waals surface area (Å²) in [5, 5.41) is 0. The Hall–Kier alpha value is -1.98. The summed E-state index contributed by atoms with van der Waals surface area (Å²) in [7, 11) is 0. The van der Waals surface area contributed by atoms with Crippen LogP contribution in [0.3, 0.4) is 0 Å². The van der Waals surface area contributed by atoms with Gasteiger partial charge in [0.25, 0.3) is 0 Å². The molecule has 1 aromatic carbocycles. The van der Waals surface area contributed by atoms with Gasteiger partial charge in [0.05, 0.1) is 6.61 Å². The van der Waals surface area contributed by atoms with E-state index in [9.17, 15) is 18.4 Å². The molecule has 0 aliphatic carbocycles. The highest BCUT2D eigenvalue weighted by Crippen LogP contribution is 2.23. The summed E-state index contributed by atoms with van der Waals surface area (Å²) >= 11 is 0. The van der Waals surface area contributed by atoms with E-state index in [1.165, 1.54) is 26.0 Å². The van der Waals surface area contributed by atoms with Gasteiger partial charge in [-0.25, -0.2) is 4.79 Å². The van der Waals surface area contributed by atoms with E-state index in [0.717, 1.165) is 5.56 Å². The summed E-state index contributed by atoms with van der Waals surface area (Å²) in [6.07, 6.45) is -3.10. The van der Waals surface area contributed by atoms with Crippen molar-refractivity contribution in [1.82, 2.24) is 0 Å². The number of esters is 1. The molecule has 0 spiro atoms. The standard InChI is InChI=1S/C14H16F2O4/c1-3-19-13(18)14(15,16)20-12-8-6-11(7-9-12)5-4-10(2)17/h6-9H,3-5H2,1-2H3. The van der Waals surface area contributed by atoms with Crippen molar-refractivity contribution in [2.45, 2.75) is 32.8 Å². The zero-order chi connectivity index (χ0) is 15.2. The molecule has 0 unspecified atom stereocenters. The Kier molecular flexibility index (Phi) is 5.61. The van der Waals surface area contributed by atoms with E-state index in [2.05, 4.69) is 9.47 Å². The number of carbonyl (C=O) groups excluding carboxylic acids is 2. The summed E-state index contributed by atoms with van der Waals surface area (Å²) in [4.78, 5) is 21.8. The zero-order valence-corrected chi connectivity index (χ0v) is 11.3. The second-order valence-electron chi connectivity index (χ2n) is 4.19. The van der Waals surface area contributed by atoms with Crippen LogP contribution in [0.5, 0.6) is 5.75 Å². The van der Waals surface area contributed by atoms with Crippen molar-refractivity contribution in [2.24, 2.45) is 0 Å². The topological polar surface area (TPSA) is 52.6 Å². The van der Waals surface area contributed by atoms with Gasteiger partial charge in [0.1, 0.15) is 11.5 Å². The van der Waals surface area contributed by atoms with Crippen LogP contribution in [0.25, 0.3) is 0 Å². The van der Waals surface area contributed by atoms with Gasteiger partial charge in [0, 0.05) is 6.42 Å². The van der Waals surface area contributed by atoms with Crippen LogP contribution >= 0.6 is 0 Å². The van der Waals surface area contributed by atoms with E-state index in [1.54, 1.807) is 12.1 Å². The predicted octanol–water partition coefficient (Wildman–Crippen LogP) is 2.74. The second kappa shape index (κ2) is 6.98. The molecular formula is C14H16F2O4. The van der Waals surface area contributed by atoms with Gasteiger partial charge in [-0.3, -0.25) is 0 Å². The highest BCUT2D eigenvalue weighted by atomic mass is 19.3. The molecule has 1 aromatic rings. The normalized spacial score (nSPS) is 11.0. The first-order valence-electron chi connectivity index (χ1n) is 6.17. The molecule has 0 aromatic heterocycles. The number of halogens is 2. The molecule has 110 valence electrons. The first kappa shape index (κ1) is 16.1. The molecule has 0 N–H and O–H groups in total. The molecule has 0 atom stereocenters. The van der Waals surface area contributed by atoms with Crippen LogP contribution in [-0.4, -0.2) is 24.5 Å². The van der Waals surface area contributed by atoms with Crippen molar-refractivity contribution in [2.75, 3.05) is 6.61 Å². The van der Waals surface area contributed by atoms with Gasteiger partial charge >= 0.3 is 12.1 Å². The second-order valence-corrected chi connectivity index (χ2v) is 4.19.